The molecule has 0 aliphatic rings. The van der Waals surface area contributed by atoms with Gasteiger partial charge < -0.3 is 28.6 Å². The summed E-state index contributed by atoms with van der Waals surface area (Å²) < 4.78 is 17.2. The molecule has 8 nitrogen and oxygen atoms in total. The number of carboxylic acids is 1. The maximum atomic E-state index is 12.7. The van der Waals surface area contributed by atoms with Crippen molar-refractivity contribution >= 4 is 17.9 Å². The predicted molar refractivity (Wildman–Crippen MR) is 231 cm³/mol. The Bertz CT molecular complexity index is 973. The van der Waals surface area contributed by atoms with E-state index in [9.17, 15) is 19.5 Å². The SMILES string of the molecule is CCCC/C=C/CCCCCCCC(=O)OC(COCCC(C(=O)[O-])[N+](C)(C)C)COC(=O)CCCCCCCCC/C=C/CCCCCCCCCCCC. The predicted octanol–water partition coefficient (Wildman–Crippen LogP) is 11.5. The van der Waals surface area contributed by atoms with E-state index in [1.54, 1.807) is 21.1 Å². The molecule has 0 aromatic rings. The largest absolute Gasteiger partial charge is 0.544 e. The number of hydrogen-bond acceptors (Lipinski definition) is 7. The van der Waals surface area contributed by atoms with Gasteiger partial charge in [0.05, 0.1) is 40.3 Å². The lowest BCUT2D eigenvalue weighted by Gasteiger charge is -2.34. The van der Waals surface area contributed by atoms with Crippen LogP contribution in [0.5, 0.6) is 0 Å². The molecule has 2 unspecified atom stereocenters. The molecule has 0 radical (unpaired) electrons. The minimum Gasteiger partial charge on any atom is -0.544 e. The summed E-state index contributed by atoms with van der Waals surface area (Å²) in [6.07, 6.45) is 43.5. The summed E-state index contributed by atoms with van der Waals surface area (Å²) in [6, 6.07) is -0.725. The first kappa shape index (κ1) is 53.8. The van der Waals surface area contributed by atoms with Crippen molar-refractivity contribution in [2.45, 2.75) is 225 Å². The van der Waals surface area contributed by atoms with Crippen molar-refractivity contribution in [2.75, 3.05) is 41.0 Å². The third-order valence-electron chi connectivity index (χ3n) is 10.6. The molecule has 0 N–H and O–H groups in total. The Kier molecular flexibility index (Phi) is 38.1. The van der Waals surface area contributed by atoms with Gasteiger partial charge in [-0.15, -0.1) is 0 Å². The quantitative estimate of drug-likeness (QED) is 0.0262. The number of carboxylic acid groups (broad SMARTS) is 1. The highest BCUT2D eigenvalue weighted by atomic mass is 16.6. The zero-order valence-electron chi connectivity index (χ0n) is 37.3. The van der Waals surface area contributed by atoms with Crippen LogP contribution in [0.3, 0.4) is 0 Å². The van der Waals surface area contributed by atoms with E-state index < -0.39 is 18.1 Å². The Morgan fingerprint density at radius 3 is 1.34 bits per heavy atom. The Labute approximate surface area is 345 Å². The Morgan fingerprint density at radius 2 is 0.911 bits per heavy atom. The molecule has 0 spiro atoms. The van der Waals surface area contributed by atoms with Crippen LogP contribution in [0.2, 0.25) is 0 Å². The molecule has 0 aromatic heterocycles. The molecule has 0 saturated carbocycles. The van der Waals surface area contributed by atoms with Crippen LogP contribution in [-0.4, -0.2) is 75.5 Å². The average Bonchev–Trinajstić information content (AvgIpc) is 3.15. The summed E-state index contributed by atoms with van der Waals surface area (Å²) in [5.41, 5.74) is 0. The van der Waals surface area contributed by atoms with Crippen LogP contribution in [0, 0.1) is 0 Å². The van der Waals surface area contributed by atoms with Gasteiger partial charge in [-0.1, -0.05) is 160 Å². The van der Waals surface area contributed by atoms with Crippen LogP contribution in [0.1, 0.15) is 213 Å². The van der Waals surface area contributed by atoms with Crippen molar-refractivity contribution in [3.8, 4) is 0 Å². The van der Waals surface area contributed by atoms with Gasteiger partial charge in [-0.05, 0) is 57.8 Å². The third kappa shape index (κ3) is 37.4. The van der Waals surface area contributed by atoms with Gasteiger partial charge in [0, 0.05) is 19.3 Å². The van der Waals surface area contributed by atoms with Gasteiger partial charge in [0.1, 0.15) is 12.6 Å². The molecule has 0 amide bonds. The number of likely N-dealkylation sites (N-methyl/N-ethyl adjacent to an activating group) is 1. The molecule has 0 rings (SSSR count). The molecule has 0 aromatic carbocycles. The zero-order chi connectivity index (χ0) is 41.4. The van der Waals surface area contributed by atoms with Crippen LogP contribution >= 0.6 is 0 Å². The minimum atomic E-state index is -1.13. The number of carbonyl (C=O) groups is 3. The zero-order valence-corrected chi connectivity index (χ0v) is 37.3. The van der Waals surface area contributed by atoms with Crippen LogP contribution in [0.4, 0.5) is 0 Å². The molecule has 0 aliphatic carbocycles. The first-order chi connectivity index (χ1) is 27.1. The van der Waals surface area contributed by atoms with Crippen LogP contribution in [-0.2, 0) is 28.6 Å². The number of quaternary nitrogens is 1. The van der Waals surface area contributed by atoms with E-state index in [2.05, 4.69) is 38.2 Å². The number of hydrogen-bond donors (Lipinski definition) is 0. The highest BCUT2D eigenvalue weighted by molar-refractivity contribution is 5.70. The van der Waals surface area contributed by atoms with Crippen LogP contribution in [0.15, 0.2) is 24.3 Å². The number of esters is 2. The Hall–Kier alpha value is -2.19. The fourth-order valence-corrected chi connectivity index (χ4v) is 6.87. The summed E-state index contributed by atoms with van der Waals surface area (Å²) in [6.45, 7) is 4.63. The molecular formula is C48H89NO7. The van der Waals surface area contributed by atoms with Crippen molar-refractivity contribution in [3.63, 3.8) is 0 Å². The molecule has 328 valence electrons. The van der Waals surface area contributed by atoms with E-state index in [4.69, 9.17) is 14.2 Å². The monoisotopic (exact) mass is 792 g/mol. The Balaban J connectivity index is 4.21. The molecule has 8 heteroatoms. The first-order valence-electron chi connectivity index (χ1n) is 23.4. The lowest BCUT2D eigenvalue weighted by atomic mass is 10.1. The maximum Gasteiger partial charge on any atom is 0.306 e. The van der Waals surface area contributed by atoms with Crippen molar-refractivity contribution in [2.24, 2.45) is 0 Å². The second-order valence-corrected chi connectivity index (χ2v) is 17.0. The number of nitrogens with zero attached hydrogens (tertiary/aromatic N) is 1. The lowest BCUT2D eigenvalue weighted by Crippen LogP contribution is -2.55. The number of unbranched alkanes of at least 4 members (excludes halogenated alkanes) is 24. The van der Waals surface area contributed by atoms with Gasteiger partial charge in [-0.25, -0.2) is 0 Å². The van der Waals surface area contributed by atoms with E-state index in [0.29, 0.717) is 12.8 Å². The van der Waals surface area contributed by atoms with E-state index in [1.807, 2.05) is 0 Å². The number of ether oxygens (including phenoxy) is 3. The van der Waals surface area contributed by atoms with E-state index in [0.717, 1.165) is 51.4 Å². The van der Waals surface area contributed by atoms with Crippen molar-refractivity contribution < 1.29 is 38.2 Å². The van der Waals surface area contributed by atoms with Gasteiger partial charge >= 0.3 is 11.9 Å². The summed E-state index contributed by atoms with van der Waals surface area (Å²) in [5, 5.41) is 11.6. The standard InChI is InChI=1S/C48H89NO7/c1-6-8-10-12-14-16-18-19-20-21-22-23-24-25-26-27-29-30-32-34-36-38-46(50)55-43-44(42-54-41-40-45(48(52)53)49(3,4)5)56-47(51)39-37-35-33-31-28-17-15-13-11-9-7-2/h13,15,23-24,44-45H,6-12,14,16-22,25-43H2,1-5H3/b15-13+,24-23+. The number of rotatable bonds is 42. The molecule has 0 aliphatic heterocycles. The highest BCUT2D eigenvalue weighted by Gasteiger charge is 2.25. The topological polar surface area (TPSA) is 102 Å². The maximum absolute atomic E-state index is 12.7. The third-order valence-corrected chi connectivity index (χ3v) is 10.6. The Morgan fingerprint density at radius 1 is 0.518 bits per heavy atom. The molecule has 0 saturated heterocycles. The first-order valence-corrected chi connectivity index (χ1v) is 23.4. The minimum absolute atomic E-state index is 0.0385. The van der Waals surface area contributed by atoms with E-state index >= 15 is 0 Å². The molecule has 2 atom stereocenters. The second-order valence-electron chi connectivity index (χ2n) is 17.0. The van der Waals surface area contributed by atoms with Crippen molar-refractivity contribution in [1.82, 2.24) is 0 Å². The van der Waals surface area contributed by atoms with E-state index in [-0.39, 0.29) is 42.7 Å². The summed E-state index contributed by atoms with van der Waals surface area (Å²) in [7, 11) is 5.40. The van der Waals surface area contributed by atoms with Gasteiger partial charge in [-0.3, -0.25) is 9.59 Å². The molecule has 0 bridgehead atoms. The summed E-state index contributed by atoms with van der Waals surface area (Å²) >= 11 is 0. The molecule has 56 heavy (non-hydrogen) atoms. The second kappa shape index (κ2) is 39.6. The molecule has 0 heterocycles. The summed E-state index contributed by atoms with van der Waals surface area (Å²) in [5.74, 6) is -1.75. The van der Waals surface area contributed by atoms with Crippen molar-refractivity contribution in [1.29, 1.82) is 0 Å². The fourth-order valence-electron chi connectivity index (χ4n) is 6.87. The van der Waals surface area contributed by atoms with Gasteiger partial charge in [-0.2, -0.15) is 0 Å². The summed E-state index contributed by atoms with van der Waals surface area (Å²) in [4.78, 5) is 36.8. The van der Waals surface area contributed by atoms with Crippen molar-refractivity contribution in [3.05, 3.63) is 24.3 Å². The van der Waals surface area contributed by atoms with Gasteiger partial charge in [0.15, 0.2) is 6.10 Å². The van der Waals surface area contributed by atoms with E-state index in [1.165, 1.54) is 128 Å². The van der Waals surface area contributed by atoms with Gasteiger partial charge in [0.25, 0.3) is 0 Å². The lowest BCUT2D eigenvalue weighted by molar-refractivity contribution is -0.889. The molecule has 0 fully saturated rings. The number of allylic oxidation sites excluding steroid dienone is 4. The number of carbonyl (C=O) groups excluding carboxylic acids is 3. The fraction of sp³-hybridized carbons (Fsp3) is 0.854. The average molecular weight is 792 g/mol. The van der Waals surface area contributed by atoms with Gasteiger partial charge in [0.2, 0.25) is 0 Å². The molecular weight excluding hydrogens is 703 g/mol. The van der Waals surface area contributed by atoms with Crippen LogP contribution < -0.4 is 5.11 Å². The normalized spacial score (nSPS) is 13.1. The highest BCUT2D eigenvalue weighted by Crippen LogP contribution is 2.15. The smallest absolute Gasteiger partial charge is 0.306 e. The van der Waals surface area contributed by atoms with Crippen LogP contribution in [0.25, 0.3) is 0 Å². The number of aliphatic carboxylic acids is 1.